The standard InChI is InChI=1S/C13H15NO2/c15-13(16-8-9-5-6-9)11-7-14-12-4-2-1-3-10(11)12/h1-4,9,11,14H,5-8H2. The lowest BCUT2D eigenvalue weighted by Gasteiger charge is -2.09. The third-order valence-electron chi connectivity index (χ3n) is 3.28. The van der Waals surface area contributed by atoms with Crippen LogP contribution < -0.4 is 5.32 Å². The number of ether oxygens (including phenoxy) is 1. The Hall–Kier alpha value is -1.51. The molecule has 1 N–H and O–H groups in total. The van der Waals surface area contributed by atoms with Crippen LogP contribution in [-0.2, 0) is 9.53 Å². The van der Waals surface area contributed by atoms with E-state index in [0.717, 1.165) is 11.3 Å². The minimum absolute atomic E-state index is 0.0793. The molecule has 2 aliphatic rings. The van der Waals surface area contributed by atoms with Gasteiger partial charge in [0.2, 0.25) is 0 Å². The molecule has 0 bridgehead atoms. The van der Waals surface area contributed by atoms with E-state index in [1.807, 2.05) is 24.3 Å². The molecular formula is C13H15NO2. The molecule has 1 fully saturated rings. The minimum atomic E-state index is -0.116. The summed E-state index contributed by atoms with van der Waals surface area (Å²) in [5, 5.41) is 3.23. The molecule has 0 radical (unpaired) electrons. The summed E-state index contributed by atoms with van der Waals surface area (Å²) in [7, 11) is 0. The fraction of sp³-hybridized carbons (Fsp3) is 0.462. The molecule has 1 aromatic rings. The molecular weight excluding hydrogens is 202 g/mol. The van der Waals surface area contributed by atoms with Crippen molar-refractivity contribution < 1.29 is 9.53 Å². The van der Waals surface area contributed by atoms with E-state index in [9.17, 15) is 4.79 Å². The van der Waals surface area contributed by atoms with Gasteiger partial charge in [-0.25, -0.2) is 0 Å². The molecule has 1 aromatic carbocycles. The maximum atomic E-state index is 11.9. The van der Waals surface area contributed by atoms with E-state index in [2.05, 4.69) is 5.32 Å². The zero-order valence-corrected chi connectivity index (χ0v) is 9.11. The van der Waals surface area contributed by atoms with Gasteiger partial charge >= 0.3 is 5.97 Å². The molecule has 84 valence electrons. The number of benzene rings is 1. The number of hydrogen-bond donors (Lipinski definition) is 1. The maximum Gasteiger partial charge on any atom is 0.315 e. The smallest absolute Gasteiger partial charge is 0.315 e. The highest BCUT2D eigenvalue weighted by Crippen LogP contribution is 2.33. The van der Waals surface area contributed by atoms with Gasteiger partial charge in [-0.05, 0) is 30.4 Å². The predicted octanol–water partition coefficient (Wildman–Crippen LogP) is 2.15. The van der Waals surface area contributed by atoms with E-state index < -0.39 is 0 Å². The number of anilines is 1. The fourth-order valence-corrected chi connectivity index (χ4v) is 2.08. The van der Waals surface area contributed by atoms with Gasteiger partial charge in [-0.2, -0.15) is 0 Å². The van der Waals surface area contributed by atoms with Gasteiger partial charge in [0.15, 0.2) is 0 Å². The quantitative estimate of drug-likeness (QED) is 0.788. The zero-order valence-electron chi connectivity index (χ0n) is 9.11. The molecule has 1 atom stereocenters. The molecule has 0 spiro atoms. The second-order valence-corrected chi connectivity index (χ2v) is 4.59. The average Bonchev–Trinajstić information content (AvgIpc) is 3.04. The Kier molecular flexibility index (Phi) is 2.31. The maximum absolute atomic E-state index is 11.9. The van der Waals surface area contributed by atoms with Crippen LogP contribution in [0.2, 0.25) is 0 Å². The summed E-state index contributed by atoms with van der Waals surface area (Å²) in [4.78, 5) is 11.9. The lowest BCUT2D eigenvalue weighted by Crippen LogP contribution is -2.18. The molecule has 3 nitrogen and oxygen atoms in total. The van der Waals surface area contributed by atoms with Crippen LogP contribution in [-0.4, -0.2) is 19.1 Å². The molecule has 3 heteroatoms. The van der Waals surface area contributed by atoms with Crippen molar-refractivity contribution in [1.82, 2.24) is 0 Å². The number of para-hydroxylation sites is 1. The van der Waals surface area contributed by atoms with Gasteiger partial charge in [0, 0.05) is 12.2 Å². The fourth-order valence-electron chi connectivity index (χ4n) is 2.08. The lowest BCUT2D eigenvalue weighted by atomic mass is 10.0. The molecule has 1 unspecified atom stereocenters. The summed E-state index contributed by atoms with van der Waals surface area (Å²) in [6.45, 7) is 1.28. The average molecular weight is 217 g/mol. The number of carbonyl (C=O) groups is 1. The van der Waals surface area contributed by atoms with Gasteiger partial charge in [0.05, 0.1) is 6.61 Å². The summed E-state index contributed by atoms with van der Waals surface area (Å²) in [6.07, 6.45) is 2.43. The zero-order chi connectivity index (χ0) is 11.0. The van der Waals surface area contributed by atoms with E-state index in [-0.39, 0.29) is 11.9 Å². The van der Waals surface area contributed by atoms with Gasteiger partial charge < -0.3 is 10.1 Å². The highest BCUT2D eigenvalue weighted by Gasteiger charge is 2.31. The third kappa shape index (κ3) is 1.77. The summed E-state index contributed by atoms with van der Waals surface area (Å²) in [6, 6.07) is 7.94. The molecule has 1 saturated carbocycles. The molecule has 0 amide bonds. The van der Waals surface area contributed by atoms with Crippen molar-refractivity contribution in [2.45, 2.75) is 18.8 Å². The van der Waals surface area contributed by atoms with Crippen molar-refractivity contribution >= 4 is 11.7 Å². The monoisotopic (exact) mass is 217 g/mol. The topological polar surface area (TPSA) is 38.3 Å². The molecule has 0 aromatic heterocycles. The van der Waals surface area contributed by atoms with Crippen LogP contribution in [0.3, 0.4) is 0 Å². The lowest BCUT2D eigenvalue weighted by molar-refractivity contribution is -0.145. The summed E-state index contributed by atoms with van der Waals surface area (Å²) >= 11 is 0. The third-order valence-corrected chi connectivity index (χ3v) is 3.28. The Morgan fingerprint density at radius 3 is 3.00 bits per heavy atom. The van der Waals surface area contributed by atoms with E-state index >= 15 is 0 Å². The van der Waals surface area contributed by atoms with E-state index in [1.54, 1.807) is 0 Å². The van der Waals surface area contributed by atoms with Crippen molar-refractivity contribution in [2.75, 3.05) is 18.5 Å². The van der Waals surface area contributed by atoms with Crippen LogP contribution in [0.25, 0.3) is 0 Å². The van der Waals surface area contributed by atoms with Gasteiger partial charge in [-0.15, -0.1) is 0 Å². The summed E-state index contributed by atoms with van der Waals surface area (Å²) in [5.74, 6) is 0.438. The Bertz CT molecular complexity index is 412. The normalized spacial score (nSPS) is 22.4. The molecule has 3 rings (SSSR count). The Morgan fingerprint density at radius 2 is 2.19 bits per heavy atom. The summed E-state index contributed by atoms with van der Waals surface area (Å²) in [5.41, 5.74) is 2.14. The number of nitrogens with one attached hydrogen (secondary N) is 1. The van der Waals surface area contributed by atoms with Crippen LogP contribution in [0.4, 0.5) is 5.69 Å². The Balaban J connectivity index is 1.68. The molecule has 0 saturated heterocycles. The molecule has 1 aliphatic carbocycles. The van der Waals surface area contributed by atoms with Crippen LogP contribution in [0.5, 0.6) is 0 Å². The van der Waals surface area contributed by atoms with Crippen LogP contribution in [0.1, 0.15) is 24.3 Å². The minimum Gasteiger partial charge on any atom is -0.465 e. The first-order chi connectivity index (χ1) is 7.84. The number of carbonyl (C=O) groups excluding carboxylic acids is 1. The van der Waals surface area contributed by atoms with Crippen molar-refractivity contribution in [3.8, 4) is 0 Å². The highest BCUT2D eigenvalue weighted by atomic mass is 16.5. The molecule has 1 aliphatic heterocycles. The second kappa shape index (κ2) is 3.81. The van der Waals surface area contributed by atoms with Crippen molar-refractivity contribution in [2.24, 2.45) is 5.92 Å². The Labute approximate surface area is 94.8 Å². The van der Waals surface area contributed by atoms with Crippen LogP contribution in [0, 0.1) is 5.92 Å². The van der Waals surface area contributed by atoms with Gasteiger partial charge in [0.25, 0.3) is 0 Å². The van der Waals surface area contributed by atoms with Gasteiger partial charge in [-0.3, -0.25) is 4.79 Å². The van der Waals surface area contributed by atoms with Crippen molar-refractivity contribution in [1.29, 1.82) is 0 Å². The number of hydrogen-bond acceptors (Lipinski definition) is 3. The van der Waals surface area contributed by atoms with E-state index in [4.69, 9.17) is 4.74 Å². The molecule has 1 heterocycles. The van der Waals surface area contributed by atoms with Gasteiger partial charge in [0.1, 0.15) is 5.92 Å². The predicted molar refractivity (Wildman–Crippen MR) is 61.4 cm³/mol. The van der Waals surface area contributed by atoms with E-state index in [1.165, 1.54) is 12.8 Å². The highest BCUT2D eigenvalue weighted by molar-refractivity contribution is 5.83. The first kappa shape index (κ1) is 9.70. The van der Waals surface area contributed by atoms with Gasteiger partial charge in [-0.1, -0.05) is 18.2 Å². The van der Waals surface area contributed by atoms with E-state index in [0.29, 0.717) is 19.1 Å². The largest absolute Gasteiger partial charge is 0.465 e. The first-order valence-corrected chi connectivity index (χ1v) is 5.84. The SMILES string of the molecule is O=C(OCC1CC1)C1CNc2ccccc21. The van der Waals surface area contributed by atoms with Crippen LogP contribution >= 0.6 is 0 Å². The Morgan fingerprint density at radius 1 is 1.38 bits per heavy atom. The van der Waals surface area contributed by atoms with Crippen LogP contribution in [0.15, 0.2) is 24.3 Å². The summed E-state index contributed by atoms with van der Waals surface area (Å²) < 4.78 is 5.33. The van der Waals surface area contributed by atoms with Crippen molar-refractivity contribution in [3.05, 3.63) is 29.8 Å². The second-order valence-electron chi connectivity index (χ2n) is 4.59. The number of rotatable bonds is 3. The first-order valence-electron chi connectivity index (χ1n) is 5.84. The molecule has 16 heavy (non-hydrogen) atoms. The number of fused-ring (bicyclic) bond motifs is 1. The van der Waals surface area contributed by atoms with Crippen molar-refractivity contribution in [3.63, 3.8) is 0 Å². The number of esters is 1.